The molecule has 1 aliphatic rings. The predicted molar refractivity (Wildman–Crippen MR) is 177 cm³/mol. The number of carbonyl (C=O) groups excluding carboxylic acids is 3. The van der Waals surface area contributed by atoms with Gasteiger partial charge in [-0.1, -0.05) is 66.0 Å². The molecule has 4 atom stereocenters. The van der Waals surface area contributed by atoms with Crippen LogP contribution in [0.15, 0.2) is 24.3 Å². The summed E-state index contributed by atoms with van der Waals surface area (Å²) in [5, 5.41) is 25.3. The lowest BCUT2D eigenvalue weighted by Crippen LogP contribution is -2.58. The summed E-state index contributed by atoms with van der Waals surface area (Å²) in [4.78, 5) is 52.7. The number of rotatable bonds is 14. The van der Waals surface area contributed by atoms with E-state index in [4.69, 9.17) is 16.0 Å². The number of benzene rings is 1. The van der Waals surface area contributed by atoms with Gasteiger partial charge in [-0.2, -0.15) is 0 Å². The van der Waals surface area contributed by atoms with E-state index in [0.29, 0.717) is 24.8 Å². The van der Waals surface area contributed by atoms with Crippen molar-refractivity contribution in [2.75, 3.05) is 13.2 Å². The van der Waals surface area contributed by atoms with Crippen molar-refractivity contribution in [3.05, 3.63) is 35.4 Å². The Balaban J connectivity index is 2.24. The van der Waals surface area contributed by atoms with Gasteiger partial charge in [0.2, 0.25) is 17.7 Å². The fraction of sp³-hybridized carbons (Fsp3) is 0.647. The van der Waals surface area contributed by atoms with Crippen molar-refractivity contribution >= 4 is 32.0 Å². The molecule has 2 rings (SSSR count). The standard InChI is InChI=1S/C34H53N3O7Si/c1-10-23-16-18-24(19-17-23)26(22-44-45(8,9)34(5,6)7)35-31(42)27-20-25(38)21-37(27)32(43)30(33(2,3)4)36-28(39)14-12-11-13-15-29(40)41/h1,16-19,25-27,30,38H,11-15,20-22H2,2-9H3,(H,35,42)(H,36,39)(H,40,41)/t25-,26?,27+,30?/m1/s1. The molecule has 0 saturated carbocycles. The lowest BCUT2D eigenvalue weighted by atomic mass is 9.85. The third-order valence-electron chi connectivity index (χ3n) is 8.79. The number of nitrogens with zero attached hydrogens (tertiary/aromatic N) is 1. The van der Waals surface area contributed by atoms with Gasteiger partial charge in [-0.05, 0) is 54.1 Å². The number of aliphatic hydroxyl groups is 1. The molecule has 0 bridgehead atoms. The van der Waals surface area contributed by atoms with Gasteiger partial charge in [-0.15, -0.1) is 6.42 Å². The molecule has 250 valence electrons. The molecule has 1 aromatic carbocycles. The van der Waals surface area contributed by atoms with E-state index in [1.807, 2.05) is 32.9 Å². The highest BCUT2D eigenvalue weighted by Crippen LogP contribution is 2.37. The van der Waals surface area contributed by atoms with Gasteiger partial charge >= 0.3 is 5.97 Å². The highest BCUT2D eigenvalue weighted by atomic mass is 28.4. The van der Waals surface area contributed by atoms with Gasteiger partial charge in [-0.25, -0.2) is 0 Å². The molecule has 45 heavy (non-hydrogen) atoms. The summed E-state index contributed by atoms with van der Waals surface area (Å²) in [5.74, 6) is 0.550. The van der Waals surface area contributed by atoms with E-state index in [0.717, 1.165) is 5.56 Å². The molecule has 11 heteroatoms. The highest BCUT2D eigenvalue weighted by Gasteiger charge is 2.45. The highest BCUT2D eigenvalue weighted by molar-refractivity contribution is 6.74. The first kappa shape index (κ1) is 38.0. The minimum atomic E-state index is -2.17. The van der Waals surface area contributed by atoms with Crippen molar-refractivity contribution in [3.63, 3.8) is 0 Å². The molecular formula is C34H53N3O7Si. The first-order valence-corrected chi connectivity index (χ1v) is 18.7. The topological polar surface area (TPSA) is 145 Å². The number of carbonyl (C=O) groups is 4. The summed E-state index contributed by atoms with van der Waals surface area (Å²) < 4.78 is 6.49. The van der Waals surface area contributed by atoms with Gasteiger partial charge in [0.05, 0.1) is 18.8 Å². The van der Waals surface area contributed by atoms with Gasteiger partial charge < -0.3 is 30.2 Å². The summed E-state index contributed by atoms with van der Waals surface area (Å²) in [6, 6.07) is 4.93. The maximum atomic E-state index is 14.0. The zero-order valence-corrected chi connectivity index (χ0v) is 29.2. The molecule has 1 aliphatic heterocycles. The Kier molecular flexibility index (Phi) is 13.4. The molecule has 0 spiro atoms. The van der Waals surface area contributed by atoms with Gasteiger partial charge in [-0.3, -0.25) is 19.2 Å². The number of hydrogen-bond donors (Lipinski definition) is 4. The third-order valence-corrected chi connectivity index (χ3v) is 13.3. The second-order valence-corrected chi connectivity index (χ2v) is 19.4. The molecule has 2 unspecified atom stereocenters. The fourth-order valence-corrected chi connectivity index (χ4v) is 5.92. The van der Waals surface area contributed by atoms with Crippen LogP contribution in [-0.2, 0) is 23.6 Å². The van der Waals surface area contributed by atoms with Crippen LogP contribution in [0.3, 0.4) is 0 Å². The summed E-state index contributed by atoms with van der Waals surface area (Å²) in [6.07, 6.45) is 6.47. The Bertz CT molecular complexity index is 1230. The number of carboxylic acid groups (broad SMARTS) is 1. The molecule has 1 fully saturated rings. The van der Waals surface area contributed by atoms with Gasteiger partial charge in [0.1, 0.15) is 12.1 Å². The van der Waals surface area contributed by atoms with E-state index in [2.05, 4.69) is 50.4 Å². The molecule has 1 saturated heterocycles. The second-order valence-electron chi connectivity index (χ2n) is 14.6. The van der Waals surface area contributed by atoms with E-state index < -0.39 is 55.7 Å². The number of β-amino-alcohol motifs (C(OH)–C–C–N with tert-alkyl or cyclic N) is 1. The Morgan fingerprint density at radius 3 is 2.16 bits per heavy atom. The van der Waals surface area contributed by atoms with Crippen LogP contribution in [0, 0.1) is 17.8 Å². The minimum Gasteiger partial charge on any atom is -0.481 e. The van der Waals surface area contributed by atoms with Crippen molar-refractivity contribution in [3.8, 4) is 12.3 Å². The maximum absolute atomic E-state index is 14.0. The lowest BCUT2D eigenvalue weighted by Gasteiger charge is -2.38. The first-order chi connectivity index (χ1) is 20.8. The molecular weight excluding hydrogens is 590 g/mol. The minimum absolute atomic E-state index is 0.0312. The molecule has 1 aromatic rings. The van der Waals surface area contributed by atoms with Crippen LogP contribution in [0.25, 0.3) is 0 Å². The van der Waals surface area contributed by atoms with Crippen molar-refractivity contribution in [1.82, 2.24) is 15.5 Å². The van der Waals surface area contributed by atoms with E-state index in [9.17, 15) is 24.3 Å². The molecule has 4 N–H and O–H groups in total. The van der Waals surface area contributed by atoms with Crippen molar-refractivity contribution in [2.24, 2.45) is 5.41 Å². The SMILES string of the molecule is C#Cc1ccc(C(CO[Si](C)(C)C(C)(C)C)NC(=O)[C@@H]2C[C@@H](O)CN2C(=O)C(NC(=O)CCCCCC(=O)O)C(C)(C)C)cc1. The number of aliphatic carboxylic acids is 1. The quantitative estimate of drug-likeness (QED) is 0.134. The molecule has 0 aliphatic carbocycles. The van der Waals surface area contributed by atoms with E-state index in [-0.39, 0.29) is 43.4 Å². The maximum Gasteiger partial charge on any atom is 0.303 e. The largest absolute Gasteiger partial charge is 0.481 e. The number of unbranched alkanes of at least 4 members (excludes halogenated alkanes) is 2. The molecule has 10 nitrogen and oxygen atoms in total. The molecule has 0 aromatic heterocycles. The smallest absolute Gasteiger partial charge is 0.303 e. The molecule has 0 radical (unpaired) electrons. The average Bonchev–Trinajstić information content (AvgIpc) is 3.33. The normalized spacial score (nSPS) is 18.5. The van der Waals surface area contributed by atoms with Crippen LogP contribution in [0.2, 0.25) is 18.1 Å². The van der Waals surface area contributed by atoms with Crippen LogP contribution in [0.4, 0.5) is 0 Å². The number of hydrogen-bond acceptors (Lipinski definition) is 6. The Morgan fingerprint density at radius 2 is 1.62 bits per heavy atom. The second kappa shape index (κ2) is 15.9. The van der Waals surface area contributed by atoms with Crippen molar-refractivity contribution in [2.45, 2.75) is 122 Å². The lowest BCUT2D eigenvalue weighted by molar-refractivity contribution is -0.144. The predicted octanol–water partition coefficient (Wildman–Crippen LogP) is 4.37. The number of amides is 3. The Labute approximate surface area is 269 Å². The number of aliphatic hydroxyl groups excluding tert-OH is 1. The van der Waals surface area contributed by atoms with Gasteiger partial charge in [0.15, 0.2) is 8.32 Å². The van der Waals surface area contributed by atoms with Crippen LogP contribution in [0.1, 0.15) is 97.2 Å². The first-order valence-electron chi connectivity index (χ1n) is 15.8. The summed E-state index contributed by atoms with van der Waals surface area (Å²) in [7, 11) is -2.17. The van der Waals surface area contributed by atoms with E-state index >= 15 is 0 Å². The monoisotopic (exact) mass is 643 g/mol. The number of likely N-dealkylation sites (tertiary alicyclic amines) is 1. The van der Waals surface area contributed by atoms with Gasteiger partial charge in [0.25, 0.3) is 0 Å². The Morgan fingerprint density at radius 1 is 1.02 bits per heavy atom. The van der Waals surface area contributed by atoms with Crippen LogP contribution < -0.4 is 10.6 Å². The van der Waals surface area contributed by atoms with Crippen LogP contribution in [-0.4, -0.2) is 78.5 Å². The van der Waals surface area contributed by atoms with Crippen LogP contribution >= 0.6 is 0 Å². The number of carboxylic acids is 1. The zero-order chi connectivity index (χ0) is 34.2. The number of terminal acetylenes is 1. The van der Waals surface area contributed by atoms with Gasteiger partial charge in [0, 0.05) is 31.4 Å². The molecule has 3 amide bonds. The molecule has 1 heterocycles. The summed E-state index contributed by atoms with van der Waals surface area (Å²) >= 11 is 0. The average molecular weight is 644 g/mol. The number of nitrogens with one attached hydrogen (secondary N) is 2. The zero-order valence-electron chi connectivity index (χ0n) is 28.2. The van der Waals surface area contributed by atoms with Crippen molar-refractivity contribution in [1.29, 1.82) is 0 Å². The Hall–Kier alpha value is -3.20. The summed E-state index contributed by atoms with van der Waals surface area (Å²) in [5.41, 5.74) is 0.837. The third kappa shape index (κ3) is 11.3. The summed E-state index contributed by atoms with van der Waals surface area (Å²) in [6.45, 7) is 16.4. The van der Waals surface area contributed by atoms with Crippen LogP contribution in [0.5, 0.6) is 0 Å². The van der Waals surface area contributed by atoms with E-state index in [1.165, 1.54) is 4.90 Å². The van der Waals surface area contributed by atoms with E-state index in [1.54, 1.807) is 12.1 Å². The fourth-order valence-electron chi connectivity index (χ4n) is 4.90. The van der Waals surface area contributed by atoms with Crippen molar-refractivity contribution < 1.29 is 33.8 Å².